The van der Waals surface area contributed by atoms with Gasteiger partial charge in [-0.1, -0.05) is 6.42 Å². The van der Waals surface area contributed by atoms with Gasteiger partial charge in [0.1, 0.15) is 0 Å². The quantitative estimate of drug-likeness (QED) is 0.719. The van der Waals surface area contributed by atoms with Gasteiger partial charge in [-0.3, -0.25) is 4.90 Å². The minimum atomic E-state index is 0.513. The lowest BCUT2D eigenvalue weighted by Gasteiger charge is -2.34. The van der Waals surface area contributed by atoms with E-state index in [1.807, 2.05) is 0 Å². The van der Waals surface area contributed by atoms with Crippen molar-refractivity contribution < 1.29 is 4.74 Å². The molecule has 0 aliphatic heterocycles. The highest BCUT2D eigenvalue weighted by Gasteiger charge is 2.30. The Morgan fingerprint density at radius 3 is 2.79 bits per heavy atom. The number of methoxy groups -OCH3 is 1. The Balaban J connectivity index is 2.45. The highest BCUT2D eigenvalue weighted by atomic mass is 16.5. The lowest BCUT2D eigenvalue weighted by atomic mass is 10.1. The third kappa shape index (κ3) is 2.69. The lowest BCUT2D eigenvalue weighted by Crippen LogP contribution is -2.48. The van der Waals surface area contributed by atoms with Crippen LogP contribution in [0.5, 0.6) is 0 Å². The van der Waals surface area contributed by atoms with E-state index in [1.165, 1.54) is 19.3 Å². The van der Waals surface area contributed by atoms with Crippen LogP contribution in [0.2, 0.25) is 0 Å². The molecule has 0 aromatic heterocycles. The summed E-state index contributed by atoms with van der Waals surface area (Å²) in [5.74, 6) is 0. The first kappa shape index (κ1) is 12.0. The summed E-state index contributed by atoms with van der Waals surface area (Å²) >= 11 is 0. The van der Waals surface area contributed by atoms with E-state index in [9.17, 15) is 0 Å². The maximum absolute atomic E-state index is 5.19. The van der Waals surface area contributed by atoms with Crippen molar-refractivity contribution in [3.63, 3.8) is 0 Å². The summed E-state index contributed by atoms with van der Waals surface area (Å²) in [5.41, 5.74) is 0. The zero-order valence-electron chi connectivity index (χ0n) is 9.92. The van der Waals surface area contributed by atoms with Gasteiger partial charge in [-0.25, -0.2) is 0 Å². The van der Waals surface area contributed by atoms with Crippen LogP contribution in [-0.4, -0.2) is 50.8 Å². The van der Waals surface area contributed by atoms with Crippen LogP contribution in [0.3, 0.4) is 0 Å². The number of ether oxygens (including phenoxy) is 1. The highest BCUT2D eigenvalue weighted by Crippen LogP contribution is 2.24. The van der Waals surface area contributed by atoms with Crippen LogP contribution in [0.15, 0.2) is 0 Å². The molecule has 3 atom stereocenters. The van der Waals surface area contributed by atoms with Crippen molar-refractivity contribution in [2.24, 2.45) is 0 Å². The Morgan fingerprint density at radius 2 is 2.21 bits per heavy atom. The Hall–Kier alpha value is -0.120. The molecule has 3 unspecified atom stereocenters. The van der Waals surface area contributed by atoms with Crippen LogP contribution in [0.25, 0.3) is 0 Å². The average Bonchev–Trinajstić information content (AvgIpc) is 2.64. The van der Waals surface area contributed by atoms with Crippen molar-refractivity contribution in [1.82, 2.24) is 10.2 Å². The number of hydrogen-bond donors (Lipinski definition) is 1. The van der Waals surface area contributed by atoms with Crippen LogP contribution in [-0.2, 0) is 4.74 Å². The van der Waals surface area contributed by atoms with Gasteiger partial charge in [0.15, 0.2) is 0 Å². The fourth-order valence-corrected chi connectivity index (χ4v) is 2.45. The summed E-state index contributed by atoms with van der Waals surface area (Å²) in [6.07, 6.45) is 3.97. The smallest absolute Gasteiger partial charge is 0.0615 e. The molecule has 0 saturated heterocycles. The zero-order valence-corrected chi connectivity index (χ0v) is 9.92. The molecular weight excluding hydrogens is 176 g/mol. The molecule has 1 fully saturated rings. The number of rotatable bonds is 5. The van der Waals surface area contributed by atoms with E-state index >= 15 is 0 Å². The van der Waals surface area contributed by atoms with Crippen molar-refractivity contribution in [3.05, 3.63) is 0 Å². The topological polar surface area (TPSA) is 24.5 Å². The maximum Gasteiger partial charge on any atom is 0.0615 e. The summed E-state index contributed by atoms with van der Waals surface area (Å²) in [5, 5.41) is 3.41. The molecule has 1 saturated carbocycles. The summed E-state index contributed by atoms with van der Waals surface area (Å²) in [6.45, 7) is 3.05. The first-order valence-electron chi connectivity index (χ1n) is 5.58. The largest absolute Gasteiger partial charge is 0.383 e. The van der Waals surface area contributed by atoms with Gasteiger partial charge < -0.3 is 10.1 Å². The fraction of sp³-hybridized carbons (Fsp3) is 1.00. The van der Waals surface area contributed by atoms with E-state index in [1.54, 1.807) is 7.11 Å². The van der Waals surface area contributed by atoms with Crippen molar-refractivity contribution >= 4 is 0 Å². The lowest BCUT2D eigenvalue weighted by molar-refractivity contribution is 0.0829. The molecule has 84 valence electrons. The fourth-order valence-electron chi connectivity index (χ4n) is 2.45. The zero-order chi connectivity index (χ0) is 10.6. The van der Waals surface area contributed by atoms with E-state index in [-0.39, 0.29) is 0 Å². The van der Waals surface area contributed by atoms with Gasteiger partial charge >= 0.3 is 0 Å². The molecule has 0 bridgehead atoms. The van der Waals surface area contributed by atoms with Crippen molar-refractivity contribution in [1.29, 1.82) is 0 Å². The summed E-state index contributed by atoms with van der Waals surface area (Å²) in [7, 11) is 6.05. The first-order chi connectivity index (χ1) is 6.70. The van der Waals surface area contributed by atoms with Crippen molar-refractivity contribution in [3.8, 4) is 0 Å². The molecule has 14 heavy (non-hydrogen) atoms. The molecule has 1 aliphatic carbocycles. The molecule has 0 aromatic carbocycles. The van der Waals surface area contributed by atoms with E-state index in [0.29, 0.717) is 18.1 Å². The van der Waals surface area contributed by atoms with Crippen LogP contribution in [0.4, 0.5) is 0 Å². The second-order valence-electron chi connectivity index (χ2n) is 4.36. The molecule has 3 nitrogen and oxygen atoms in total. The van der Waals surface area contributed by atoms with Gasteiger partial charge in [-0.15, -0.1) is 0 Å². The van der Waals surface area contributed by atoms with E-state index in [0.717, 1.165) is 6.61 Å². The molecule has 0 aromatic rings. The van der Waals surface area contributed by atoms with Crippen LogP contribution >= 0.6 is 0 Å². The maximum atomic E-state index is 5.19. The SMILES string of the molecule is CNC1CCCC1N(C)C(C)COC. The average molecular weight is 200 g/mol. The predicted octanol–water partition coefficient (Wildman–Crippen LogP) is 1.09. The number of nitrogens with zero attached hydrogens (tertiary/aromatic N) is 1. The minimum Gasteiger partial charge on any atom is -0.383 e. The molecule has 1 N–H and O–H groups in total. The van der Waals surface area contributed by atoms with Gasteiger partial charge in [0.05, 0.1) is 6.61 Å². The molecule has 0 spiro atoms. The third-order valence-corrected chi connectivity index (χ3v) is 3.48. The van der Waals surface area contributed by atoms with Gasteiger partial charge in [0.2, 0.25) is 0 Å². The summed E-state index contributed by atoms with van der Waals surface area (Å²) in [6, 6.07) is 1.86. The standard InChI is InChI=1S/C11H24N2O/c1-9(8-14-4)13(3)11-7-5-6-10(11)12-2/h9-12H,5-8H2,1-4H3. The van der Waals surface area contributed by atoms with E-state index in [4.69, 9.17) is 4.74 Å². The van der Waals surface area contributed by atoms with Crippen LogP contribution < -0.4 is 5.32 Å². The van der Waals surface area contributed by atoms with Crippen LogP contribution in [0.1, 0.15) is 26.2 Å². The van der Waals surface area contributed by atoms with Gasteiger partial charge in [-0.05, 0) is 33.9 Å². The molecular formula is C11H24N2O. The second-order valence-corrected chi connectivity index (χ2v) is 4.36. The highest BCUT2D eigenvalue weighted by molar-refractivity contribution is 4.90. The predicted molar refractivity (Wildman–Crippen MR) is 59.6 cm³/mol. The number of nitrogens with one attached hydrogen (secondary N) is 1. The third-order valence-electron chi connectivity index (χ3n) is 3.48. The van der Waals surface area contributed by atoms with Gasteiger partial charge in [0, 0.05) is 25.2 Å². The molecule has 1 aliphatic rings. The molecule has 3 heteroatoms. The van der Waals surface area contributed by atoms with Gasteiger partial charge in [-0.2, -0.15) is 0 Å². The van der Waals surface area contributed by atoms with Crippen LogP contribution in [0, 0.1) is 0 Å². The van der Waals surface area contributed by atoms with Crippen molar-refractivity contribution in [2.75, 3.05) is 27.8 Å². The first-order valence-corrected chi connectivity index (χ1v) is 5.58. The summed E-state index contributed by atoms with van der Waals surface area (Å²) < 4.78 is 5.19. The Bertz CT molecular complexity index is 163. The Labute approximate surface area is 87.8 Å². The molecule has 0 heterocycles. The van der Waals surface area contributed by atoms with E-state index in [2.05, 4.69) is 31.2 Å². The Morgan fingerprint density at radius 1 is 1.50 bits per heavy atom. The summed E-state index contributed by atoms with van der Waals surface area (Å²) in [4.78, 5) is 2.46. The van der Waals surface area contributed by atoms with Gasteiger partial charge in [0.25, 0.3) is 0 Å². The normalized spacial score (nSPS) is 29.8. The monoisotopic (exact) mass is 200 g/mol. The molecule has 1 rings (SSSR count). The Kier molecular flexibility index (Phi) is 4.85. The molecule has 0 amide bonds. The van der Waals surface area contributed by atoms with E-state index < -0.39 is 0 Å². The number of likely N-dealkylation sites (N-methyl/N-ethyl adjacent to an activating group) is 2. The minimum absolute atomic E-state index is 0.513. The molecule has 0 radical (unpaired) electrons. The van der Waals surface area contributed by atoms with Crippen molar-refractivity contribution in [2.45, 2.75) is 44.3 Å². The number of hydrogen-bond acceptors (Lipinski definition) is 3. The second kappa shape index (κ2) is 5.69.